The van der Waals surface area contributed by atoms with Crippen LogP contribution in [0.4, 0.5) is 0 Å². The van der Waals surface area contributed by atoms with E-state index in [2.05, 4.69) is 15.4 Å². The van der Waals surface area contributed by atoms with Gasteiger partial charge in [-0.15, -0.1) is 0 Å². The zero-order valence-corrected chi connectivity index (χ0v) is 21.3. The van der Waals surface area contributed by atoms with Crippen LogP contribution in [0.3, 0.4) is 0 Å². The van der Waals surface area contributed by atoms with Gasteiger partial charge in [-0.05, 0) is 56.7 Å². The summed E-state index contributed by atoms with van der Waals surface area (Å²) in [5.74, 6) is -1.04. The fraction of sp³-hybridized carbons (Fsp3) is 0.444. The summed E-state index contributed by atoms with van der Waals surface area (Å²) in [6, 6.07) is 5.65. The average molecular weight is 505 g/mol. The maximum absolute atomic E-state index is 13.3. The molecule has 3 aromatic heterocycles. The molecule has 2 aliphatic rings. The Morgan fingerprint density at radius 1 is 1.24 bits per heavy atom. The first-order chi connectivity index (χ1) is 17.8. The van der Waals surface area contributed by atoms with E-state index in [0.29, 0.717) is 30.0 Å². The predicted molar refractivity (Wildman–Crippen MR) is 138 cm³/mol. The molecule has 1 aliphatic heterocycles. The number of amides is 2. The molecule has 37 heavy (non-hydrogen) atoms. The molecule has 0 radical (unpaired) electrons. The molecule has 4 heterocycles. The first kappa shape index (κ1) is 24.7. The van der Waals surface area contributed by atoms with Crippen LogP contribution < -0.4 is 10.9 Å². The van der Waals surface area contributed by atoms with Gasteiger partial charge in [0.2, 0.25) is 11.8 Å². The number of carbonyl (C=O) groups excluding carboxylic acids is 2. The Morgan fingerprint density at radius 2 is 2.03 bits per heavy atom. The van der Waals surface area contributed by atoms with Gasteiger partial charge in [0.15, 0.2) is 5.56 Å². The maximum Gasteiger partial charge on any atom is 0.291 e. The number of nitrogens with zero attached hydrogens (tertiary/aromatic N) is 5. The molecule has 0 unspecified atom stereocenters. The van der Waals surface area contributed by atoms with Gasteiger partial charge >= 0.3 is 0 Å². The van der Waals surface area contributed by atoms with Gasteiger partial charge in [0.05, 0.1) is 17.4 Å². The number of likely N-dealkylation sites (tertiary alicyclic amines) is 1. The standard InChI is InChI=1S/C27H32N6O4/c1-16(2)15-32-25-19(11-12-22(34)31-14-6-8-21(31)20-7-4-5-13-28-20)17(3)30-33(25)27(37)23(26(32)36)24(35)29-18-9-10-18/h4-5,7,11-13,16,18,21,36H,6,8-10,14-15H2,1-3H3,(H,29,35)/b12-11+/t21-/m1/s1. The summed E-state index contributed by atoms with van der Waals surface area (Å²) in [5.41, 5.74) is 1.27. The van der Waals surface area contributed by atoms with Gasteiger partial charge in [-0.3, -0.25) is 23.9 Å². The summed E-state index contributed by atoms with van der Waals surface area (Å²) < 4.78 is 2.71. The average Bonchev–Trinajstić information content (AvgIpc) is 3.42. The molecule has 1 atom stereocenters. The molecule has 2 fully saturated rings. The molecule has 1 saturated carbocycles. The third-order valence-electron chi connectivity index (χ3n) is 6.87. The third kappa shape index (κ3) is 4.75. The van der Waals surface area contributed by atoms with Gasteiger partial charge in [-0.1, -0.05) is 19.9 Å². The molecule has 2 amide bonds. The lowest BCUT2D eigenvalue weighted by atomic mass is 10.1. The predicted octanol–water partition coefficient (Wildman–Crippen LogP) is 2.83. The van der Waals surface area contributed by atoms with E-state index in [1.54, 1.807) is 28.7 Å². The molecule has 0 bridgehead atoms. The van der Waals surface area contributed by atoms with E-state index in [9.17, 15) is 19.5 Å². The van der Waals surface area contributed by atoms with E-state index in [-0.39, 0.29) is 35.4 Å². The van der Waals surface area contributed by atoms with E-state index >= 15 is 0 Å². The number of fused-ring (bicyclic) bond motifs is 1. The Bertz CT molecular complexity index is 1430. The van der Waals surface area contributed by atoms with Crippen molar-refractivity contribution in [3.63, 3.8) is 0 Å². The van der Waals surface area contributed by atoms with Crippen molar-refractivity contribution in [3.05, 3.63) is 63.3 Å². The summed E-state index contributed by atoms with van der Waals surface area (Å²) in [5, 5.41) is 18.3. The first-order valence-corrected chi connectivity index (χ1v) is 12.8. The molecule has 2 N–H and O–H groups in total. The lowest BCUT2D eigenvalue weighted by Crippen LogP contribution is -2.34. The van der Waals surface area contributed by atoms with Gasteiger partial charge in [-0.25, -0.2) is 0 Å². The normalized spacial score (nSPS) is 17.8. The summed E-state index contributed by atoms with van der Waals surface area (Å²) in [7, 11) is 0. The second kappa shape index (κ2) is 9.84. The van der Waals surface area contributed by atoms with Crippen molar-refractivity contribution in [2.24, 2.45) is 5.92 Å². The van der Waals surface area contributed by atoms with Crippen LogP contribution in [0.2, 0.25) is 0 Å². The van der Waals surface area contributed by atoms with Crippen LogP contribution in [0, 0.1) is 12.8 Å². The van der Waals surface area contributed by atoms with Crippen molar-refractivity contribution in [2.75, 3.05) is 6.54 Å². The molecule has 3 aromatic rings. The van der Waals surface area contributed by atoms with Gasteiger partial charge < -0.3 is 15.3 Å². The molecular formula is C27H32N6O4. The van der Waals surface area contributed by atoms with Crippen molar-refractivity contribution in [1.82, 2.24) is 29.4 Å². The second-order valence-corrected chi connectivity index (χ2v) is 10.3. The van der Waals surface area contributed by atoms with E-state index in [0.717, 1.165) is 35.9 Å². The summed E-state index contributed by atoms with van der Waals surface area (Å²) in [6.07, 6.45) is 8.32. The molecule has 194 valence electrons. The van der Waals surface area contributed by atoms with Crippen LogP contribution in [0.1, 0.15) is 72.9 Å². The minimum Gasteiger partial charge on any atom is -0.494 e. The summed E-state index contributed by atoms with van der Waals surface area (Å²) >= 11 is 0. The van der Waals surface area contributed by atoms with Crippen LogP contribution in [-0.2, 0) is 11.3 Å². The molecule has 1 aliphatic carbocycles. The number of hydrogen-bond acceptors (Lipinski definition) is 6. The van der Waals surface area contributed by atoms with Crippen LogP contribution in [-0.4, -0.2) is 53.6 Å². The highest BCUT2D eigenvalue weighted by atomic mass is 16.3. The molecule has 1 saturated heterocycles. The largest absolute Gasteiger partial charge is 0.494 e. The number of aromatic nitrogens is 4. The Labute approximate surface area is 214 Å². The van der Waals surface area contributed by atoms with E-state index in [4.69, 9.17) is 0 Å². The smallest absolute Gasteiger partial charge is 0.291 e. The van der Waals surface area contributed by atoms with E-state index in [1.807, 2.05) is 32.0 Å². The molecule has 0 aromatic carbocycles. The Hall–Kier alpha value is -3.95. The van der Waals surface area contributed by atoms with Gasteiger partial charge in [0.1, 0.15) is 5.65 Å². The van der Waals surface area contributed by atoms with Gasteiger partial charge in [-0.2, -0.15) is 9.61 Å². The molecule has 5 rings (SSSR count). The molecule has 0 spiro atoms. The SMILES string of the molecule is Cc1nn2c(=O)c(C(=O)NC3CC3)c(O)n(CC(C)C)c2c1/C=C/C(=O)N1CCC[C@@H]1c1ccccn1. The number of aryl methyl sites for hydroxylation is 1. The van der Waals surface area contributed by atoms with Crippen molar-refractivity contribution in [3.8, 4) is 5.88 Å². The van der Waals surface area contributed by atoms with E-state index < -0.39 is 11.5 Å². The second-order valence-electron chi connectivity index (χ2n) is 10.3. The topological polar surface area (TPSA) is 122 Å². The van der Waals surface area contributed by atoms with Crippen molar-refractivity contribution in [1.29, 1.82) is 0 Å². The van der Waals surface area contributed by atoms with E-state index in [1.165, 1.54) is 6.08 Å². The van der Waals surface area contributed by atoms with Crippen LogP contribution in [0.5, 0.6) is 5.88 Å². The van der Waals surface area contributed by atoms with Crippen LogP contribution in [0.15, 0.2) is 35.3 Å². The van der Waals surface area contributed by atoms with Crippen molar-refractivity contribution >= 4 is 23.5 Å². The number of aromatic hydroxyl groups is 1. The minimum atomic E-state index is -0.686. The summed E-state index contributed by atoms with van der Waals surface area (Å²) in [6.45, 7) is 6.68. The third-order valence-corrected chi connectivity index (χ3v) is 6.87. The molecule has 10 heteroatoms. The number of nitrogens with one attached hydrogen (secondary N) is 1. The number of rotatable bonds is 7. The number of pyridine rings is 1. The summed E-state index contributed by atoms with van der Waals surface area (Å²) in [4.78, 5) is 45.6. The lowest BCUT2D eigenvalue weighted by molar-refractivity contribution is -0.126. The first-order valence-electron chi connectivity index (χ1n) is 12.8. The Kier molecular flexibility index (Phi) is 6.57. The van der Waals surface area contributed by atoms with Crippen LogP contribution in [0.25, 0.3) is 11.7 Å². The monoisotopic (exact) mass is 504 g/mol. The molecule has 10 nitrogen and oxygen atoms in total. The molecular weight excluding hydrogens is 472 g/mol. The Balaban J connectivity index is 1.54. The quantitative estimate of drug-likeness (QED) is 0.477. The minimum absolute atomic E-state index is 0.0323. The highest BCUT2D eigenvalue weighted by molar-refractivity contribution is 5.97. The fourth-order valence-electron chi connectivity index (χ4n) is 4.94. The highest BCUT2D eigenvalue weighted by Gasteiger charge is 2.31. The lowest BCUT2D eigenvalue weighted by Gasteiger charge is -2.22. The van der Waals surface area contributed by atoms with Crippen molar-refractivity contribution in [2.45, 2.75) is 65.1 Å². The zero-order valence-electron chi connectivity index (χ0n) is 21.3. The Morgan fingerprint density at radius 3 is 2.70 bits per heavy atom. The van der Waals surface area contributed by atoms with Gasteiger partial charge in [0, 0.05) is 37.0 Å². The van der Waals surface area contributed by atoms with Crippen LogP contribution >= 0.6 is 0 Å². The number of carbonyl (C=O) groups is 2. The number of hydrogen-bond donors (Lipinski definition) is 2. The van der Waals surface area contributed by atoms with Crippen molar-refractivity contribution < 1.29 is 14.7 Å². The van der Waals surface area contributed by atoms with Gasteiger partial charge in [0.25, 0.3) is 11.5 Å². The highest BCUT2D eigenvalue weighted by Crippen LogP contribution is 2.31. The fourth-order valence-corrected chi connectivity index (χ4v) is 4.94. The maximum atomic E-state index is 13.3. The zero-order chi connectivity index (χ0) is 26.3.